The Hall–Kier alpha value is -0.870. The average molecular weight is 541 g/mol. The smallest absolute Gasteiger partial charge is 0.470 e. The van der Waals surface area contributed by atoms with Crippen molar-refractivity contribution in [2.75, 3.05) is 0 Å². The molecule has 0 aliphatic heterocycles. The first-order valence-corrected chi connectivity index (χ1v) is 16.2. The maximum atomic E-state index is 12.4. The fraction of sp³-hybridized carbons (Fsp3) is 0.806. The molecule has 6 heteroatoms. The lowest BCUT2D eigenvalue weighted by Crippen LogP contribution is -2.31. The van der Waals surface area contributed by atoms with Crippen molar-refractivity contribution in [1.29, 1.82) is 0 Å². The highest BCUT2D eigenvalue weighted by molar-refractivity contribution is 7.46. The third kappa shape index (κ3) is 11.8. The van der Waals surface area contributed by atoms with Gasteiger partial charge in [0.25, 0.3) is 0 Å². The van der Waals surface area contributed by atoms with E-state index in [1.165, 1.54) is 38.5 Å². The molecule has 1 rings (SSSR count). The Bertz CT molecular complexity index is 793. The van der Waals surface area contributed by atoms with E-state index >= 15 is 0 Å². The van der Waals surface area contributed by atoms with Crippen LogP contribution in [0.3, 0.4) is 0 Å². The summed E-state index contributed by atoms with van der Waals surface area (Å²) in [5.74, 6) is 0.271. The lowest BCUT2D eigenvalue weighted by Gasteiger charge is -2.37. The van der Waals surface area contributed by atoms with Crippen molar-refractivity contribution >= 4 is 7.82 Å². The first-order chi connectivity index (χ1) is 17.1. The minimum absolute atomic E-state index is 0.271. The molecule has 0 unspecified atom stereocenters. The van der Waals surface area contributed by atoms with Gasteiger partial charge in [-0.15, -0.1) is 0 Å². The highest BCUT2D eigenvalue weighted by atomic mass is 31.2. The monoisotopic (exact) mass is 540 g/mol. The molecule has 0 bridgehead atoms. The van der Waals surface area contributed by atoms with E-state index in [9.17, 15) is 19.5 Å². The summed E-state index contributed by atoms with van der Waals surface area (Å²) >= 11 is 0. The molecule has 0 radical (unpaired) electrons. The molecule has 5 nitrogen and oxygen atoms in total. The largest absolute Gasteiger partial charge is 0.507 e. The molecule has 0 amide bonds. The maximum Gasteiger partial charge on any atom is 0.470 e. The number of benzene rings is 1. The topological polar surface area (TPSA) is 87.0 Å². The average Bonchev–Trinajstić information content (AvgIpc) is 2.75. The van der Waals surface area contributed by atoms with Gasteiger partial charge in [-0.3, -0.25) is 4.52 Å². The Balaban J connectivity index is 3.57. The van der Waals surface area contributed by atoms with Crippen molar-refractivity contribution in [3.63, 3.8) is 0 Å². The molecule has 0 saturated heterocycles. The van der Waals surface area contributed by atoms with Gasteiger partial charge < -0.3 is 14.9 Å². The van der Waals surface area contributed by atoms with Crippen molar-refractivity contribution in [3.8, 4) is 5.75 Å². The van der Waals surface area contributed by atoms with Crippen molar-refractivity contribution in [2.24, 2.45) is 0 Å². The summed E-state index contributed by atoms with van der Waals surface area (Å²) in [5.41, 5.74) is 0.592. The SMILES string of the molecule is CCCCCCCCC(CCCCCCCC)(OP(=O)(O)O)c1cc(C(C)(C)C)c(O)c(C(C)(C)C)c1. The fourth-order valence-corrected chi connectivity index (χ4v) is 5.95. The van der Waals surface area contributed by atoms with Crippen LogP contribution in [-0.2, 0) is 25.5 Å². The molecule has 0 atom stereocenters. The van der Waals surface area contributed by atoms with Crippen LogP contribution in [0.2, 0.25) is 0 Å². The van der Waals surface area contributed by atoms with Gasteiger partial charge in [-0.2, -0.15) is 0 Å². The quantitative estimate of drug-likeness (QED) is 0.135. The van der Waals surface area contributed by atoms with E-state index < -0.39 is 13.4 Å². The van der Waals surface area contributed by atoms with Gasteiger partial charge in [-0.25, -0.2) is 4.57 Å². The van der Waals surface area contributed by atoms with Crippen molar-refractivity contribution in [3.05, 3.63) is 28.8 Å². The molecule has 0 saturated carbocycles. The van der Waals surface area contributed by atoms with E-state index in [1.807, 2.05) is 12.1 Å². The Morgan fingerprint density at radius 2 is 1.03 bits per heavy atom. The Morgan fingerprint density at radius 3 is 1.35 bits per heavy atom. The predicted molar refractivity (Wildman–Crippen MR) is 156 cm³/mol. The normalized spacial score (nSPS) is 13.4. The molecule has 0 spiro atoms. The van der Waals surface area contributed by atoms with Gasteiger partial charge in [0.1, 0.15) is 11.4 Å². The zero-order valence-electron chi connectivity index (χ0n) is 25.2. The first-order valence-electron chi connectivity index (χ1n) is 14.7. The number of phenols is 1. The first kappa shape index (κ1) is 34.2. The van der Waals surface area contributed by atoms with Crippen molar-refractivity contribution in [2.45, 2.75) is 162 Å². The number of hydrogen-bond acceptors (Lipinski definition) is 3. The van der Waals surface area contributed by atoms with Crippen LogP contribution >= 0.6 is 7.82 Å². The summed E-state index contributed by atoms with van der Waals surface area (Å²) in [7, 11) is -4.77. The Kier molecular flexibility index (Phi) is 13.9. The van der Waals surface area contributed by atoms with Gasteiger partial charge in [0.05, 0.1) is 0 Å². The summed E-state index contributed by atoms with van der Waals surface area (Å²) in [6, 6.07) is 3.91. The molecule has 0 heterocycles. The second kappa shape index (κ2) is 15.1. The van der Waals surface area contributed by atoms with Gasteiger partial charge in [0, 0.05) is 0 Å². The number of phosphoric acid groups is 1. The molecule has 1 aromatic carbocycles. The lowest BCUT2D eigenvalue weighted by molar-refractivity contribution is 0.0102. The molecule has 3 N–H and O–H groups in total. The number of phenolic OH excluding ortho intramolecular Hbond substituents is 1. The zero-order chi connectivity index (χ0) is 28.3. The molecule has 1 aromatic rings. The van der Waals surface area contributed by atoms with Crippen LogP contribution in [0.4, 0.5) is 0 Å². The van der Waals surface area contributed by atoms with Gasteiger partial charge in [0.15, 0.2) is 0 Å². The van der Waals surface area contributed by atoms with E-state index in [0.29, 0.717) is 12.8 Å². The van der Waals surface area contributed by atoms with Crippen LogP contribution in [-0.4, -0.2) is 14.9 Å². The molecule has 0 fully saturated rings. The van der Waals surface area contributed by atoms with E-state index in [2.05, 4.69) is 55.4 Å². The minimum atomic E-state index is -4.77. The van der Waals surface area contributed by atoms with Crippen molar-refractivity contribution in [1.82, 2.24) is 0 Å². The number of phosphoric ester groups is 1. The maximum absolute atomic E-state index is 12.4. The Morgan fingerprint density at radius 1 is 0.676 bits per heavy atom. The van der Waals surface area contributed by atoms with Gasteiger partial charge in [-0.05, 0) is 52.5 Å². The standard InChI is InChI=1S/C31H57O5P/c1-9-11-13-15-17-19-21-31(36-37(33,34)35,22-20-18-16-14-12-10-2)25-23-26(29(3,4)5)28(32)27(24-25)30(6,7)8/h23-24,32H,9-22H2,1-8H3,(H2,33,34,35). The van der Waals surface area contributed by atoms with Crippen LogP contribution in [0.1, 0.15) is 162 Å². The third-order valence-electron chi connectivity index (χ3n) is 7.41. The number of aromatic hydroxyl groups is 1. The van der Waals surface area contributed by atoms with E-state index in [0.717, 1.165) is 55.2 Å². The van der Waals surface area contributed by atoms with Crippen LogP contribution in [0.15, 0.2) is 12.1 Å². The molecular weight excluding hydrogens is 483 g/mol. The van der Waals surface area contributed by atoms with Crippen LogP contribution in [0.5, 0.6) is 5.75 Å². The van der Waals surface area contributed by atoms with Crippen LogP contribution in [0.25, 0.3) is 0 Å². The highest BCUT2D eigenvalue weighted by Gasteiger charge is 2.41. The molecule has 216 valence electrons. The zero-order valence-corrected chi connectivity index (χ0v) is 26.1. The van der Waals surface area contributed by atoms with E-state index in [-0.39, 0.29) is 16.6 Å². The number of unbranched alkanes of at least 4 members (excludes halogenated alkanes) is 10. The number of rotatable bonds is 17. The summed E-state index contributed by atoms with van der Waals surface area (Å²) in [6.45, 7) is 16.8. The van der Waals surface area contributed by atoms with Gasteiger partial charge >= 0.3 is 7.82 Å². The third-order valence-corrected chi connectivity index (χ3v) is 8.00. The van der Waals surface area contributed by atoms with Gasteiger partial charge in [0.2, 0.25) is 0 Å². The van der Waals surface area contributed by atoms with E-state index in [4.69, 9.17) is 4.52 Å². The second-order valence-electron chi connectivity index (χ2n) is 13.0. The molecule has 0 aromatic heterocycles. The summed E-state index contributed by atoms with van der Waals surface area (Å²) in [6.07, 6.45) is 14.2. The molecule has 0 aliphatic rings. The fourth-order valence-electron chi connectivity index (χ4n) is 5.21. The van der Waals surface area contributed by atoms with E-state index in [1.54, 1.807) is 0 Å². The van der Waals surface area contributed by atoms with Crippen molar-refractivity contribution < 1.29 is 24.0 Å². The Labute approximate surface area is 228 Å². The lowest BCUT2D eigenvalue weighted by atomic mass is 9.74. The minimum Gasteiger partial charge on any atom is -0.507 e. The summed E-state index contributed by atoms with van der Waals surface area (Å²) in [4.78, 5) is 20.2. The molecule has 37 heavy (non-hydrogen) atoms. The summed E-state index contributed by atoms with van der Waals surface area (Å²) in [5, 5.41) is 11.3. The van der Waals surface area contributed by atoms with Gasteiger partial charge in [-0.1, -0.05) is 132 Å². The summed E-state index contributed by atoms with van der Waals surface area (Å²) < 4.78 is 18.2. The van der Waals surface area contributed by atoms with Crippen LogP contribution < -0.4 is 0 Å². The van der Waals surface area contributed by atoms with Crippen LogP contribution in [0, 0.1) is 0 Å². The highest BCUT2D eigenvalue weighted by Crippen LogP contribution is 2.52. The molecule has 0 aliphatic carbocycles. The predicted octanol–water partition coefficient (Wildman–Crippen LogP) is 9.79. The second-order valence-corrected chi connectivity index (χ2v) is 14.2. The molecular formula is C31H57O5P. The number of hydrogen-bond donors (Lipinski definition) is 3.